The molecule has 0 N–H and O–H groups in total. The van der Waals surface area contributed by atoms with Crippen molar-refractivity contribution in [3.05, 3.63) is 35.3 Å². The summed E-state index contributed by atoms with van der Waals surface area (Å²) in [5, 5.41) is 6.72. The highest BCUT2D eigenvalue weighted by atomic mass is 19.4. The number of hydrogen-bond donors (Lipinski definition) is 0. The van der Waals surface area contributed by atoms with Gasteiger partial charge in [0, 0.05) is 17.8 Å². The number of aromatic nitrogens is 3. The number of carbonyl (C=O) groups excluding carboxylic acids is 1. The number of ether oxygens (including phenoxy) is 1. The summed E-state index contributed by atoms with van der Waals surface area (Å²) in [5.74, 6) is -1.60. The van der Waals surface area contributed by atoms with E-state index in [1.165, 1.54) is 24.4 Å². The molecular weight excluding hydrogens is 287 g/mol. The van der Waals surface area contributed by atoms with Gasteiger partial charge in [-0.2, -0.15) is 13.2 Å². The zero-order valence-corrected chi connectivity index (χ0v) is 11.3. The van der Waals surface area contributed by atoms with E-state index in [0.717, 1.165) is 4.40 Å². The number of aryl methyl sites for hydroxylation is 1. The van der Waals surface area contributed by atoms with Crippen molar-refractivity contribution in [2.24, 2.45) is 0 Å². The molecule has 0 aliphatic rings. The molecule has 0 saturated carbocycles. The van der Waals surface area contributed by atoms with Crippen molar-refractivity contribution >= 4 is 17.7 Å². The molecule has 0 saturated heterocycles. The lowest BCUT2D eigenvalue weighted by molar-refractivity contribution is -0.145. The van der Waals surface area contributed by atoms with Gasteiger partial charge in [-0.1, -0.05) is 0 Å². The molecule has 0 bridgehead atoms. The monoisotopic (exact) mass is 299 g/mol. The van der Waals surface area contributed by atoms with Crippen LogP contribution in [0.5, 0.6) is 0 Å². The van der Waals surface area contributed by atoms with E-state index < -0.39 is 18.0 Å². The van der Waals surface area contributed by atoms with Crippen LogP contribution >= 0.6 is 0 Å². The molecule has 0 atom stereocenters. The third kappa shape index (κ3) is 3.04. The fraction of sp³-hybridized carbons (Fsp3) is 0.308. The van der Waals surface area contributed by atoms with Gasteiger partial charge in [0.1, 0.15) is 0 Å². The van der Waals surface area contributed by atoms with Crippen LogP contribution < -0.4 is 0 Å². The smallest absolute Gasteiger partial charge is 0.452 e. The van der Waals surface area contributed by atoms with Crippen LogP contribution in [0.4, 0.5) is 13.2 Å². The van der Waals surface area contributed by atoms with Crippen LogP contribution in [0.2, 0.25) is 0 Å². The van der Waals surface area contributed by atoms with Crippen LogP contribution in [0.3, 0.4) is 0 Å². The SMILES string of the molecule is CCOC(=O)/C=C/c1ccn2c(C(F)(F)F)nnc2c1C. The fourth-order valence-corrected chi connectivity index (χ4v) is 1.82. The summed E-state index contributed by atoms with van der Waals surface area (Å²) in [7, 11) is 0. The van der Waals surface area contributed by atoms with Gasteiger partial charge in [-0.25, -0.2) is 4.79 Å². The number of fused-ring (bicyclic) bond motifs is 1. The van der Waals surface area contributed by atoms with E-state index >= 15 is 0 Å². The second kappa shape index (κ2) is 5.55. The van der Waals surface area contributed by atoms with E-state index in [1.807, 2.05) is 0 Å². The Morgan fingerprint density at radius 2 is 2.14 bits per heavy atom. The maximum atomic E-state index is 12.7. The van der Waals surface area contributed by atoms with Crippen molar-refractivity contribution in [3.8, 4) is 0 Å². The lowest BCUT2D eigenvalue weighted by Gasteiger charge is -2.06. The number of carbonyl (C=O) groups is 1. The Kier molecular flexibility index (Phi) is 3.97. The Labute approximate surface area is 118 Å². The topological polar surface area (TPSA) is 56.5 Å². The number of nitrogens with zero attached hydrogens (tertiary/aromatic N) is 3. The minimum Gasteiger partial charge on any atom is -0.463 e. The number of alkyl halides is 3. The van der Waals surface area contributed by atoms with Gasteiger partial charge in [0.15, 0.2) is 5.65 Å². The number of esters is 1. The van der Waals surface area contributed by atoms with Gasteiger partial charge in [-0.3, -0.25) is 4.40 Å². The molecule has 2 aromatic rings. The lowest BCUT2D eigenvalue weighted by atomic mass is 10.1. The predicted octanol–water partition coefficient (Wildman–Crippen LogP) is 2.63. The van der Waals surface area contributed by atoms with E-state index in [0.29, 0.717) is 11.1 Å². The molecule has 0 aromatic carbocycles. The molecule has 8 heteroatoms. The Morgan fingerprint density at radius 3 is 2.76 bits per heavy atom. The lowest BCUT2D eigenvalue weighted by Crippen LogP contribution is -2.10. The summed E-state index contributed by atoms with van der Waals surface area (Å²) >= 11 is 0. The minimum absolute atomic E-state index is 0.0910. The summed E-state index contributed by atoms with van der Waals surface area (Å²) in [6.07, 6.45) is -0.678. The Balaban J connectivity index is 2.42. The molecule has 0 radical (unpaired) electrons. The average Bonchev–Trinajstić information content (AvgIpc) is 2.83. The van der Waals surface area contributed by atoms with E-state index in [2.05, 4.69) is 10.2 Å². The normalized spacial score (nSPS) is 12.2. The van der Waals surface area contributed by atoms with Crippen LogP contribution in [0, 0.1) is 6.92 Å². The van der Waals surface area contributed by atoms with Gasteiger partial charge in [-0.05, 0) is 31.6 Å². The van der Waals surface area contributed by atoms with Crippen molar-refractivity contribution in [2.75, 3.05) is 6.61 Å². The Hall–Kier alpha value is -2.38. The van der Waals surface area contributed by atoms with Crippen LogP contribution in [0.25, 0.3) is 11.7 Å². The third-order valence-corrected chi connectivity index (χ3v) is 2.81. The molecule has 2 heterocycles. The van der Waals surface area contributed by atoms with Gasteiger partial charge < -0.3 is 4.74 Å². The fourth-order valence-electron chi connectivity index (χ4n) is 1.82. The molecule has 5 nitrogen and oxygen atoms in total. The molecule has 0 aliphatic heterocycles. The highest BCUT2D eigenvalue weighted by molar-refractivity contribution is 5.87. The molecule has 0 amide bonds. The highest BCUT2D eigenvalue weighted by Crippen LogP contribution is 2.29. The molecule has 112 valence electrons. The van der Waals surface area contributed by atoms with Gasteiger partial charge in [0.2, 0.25) is 5.82 Å². The first kappa shape index (κ1) is 15.0. The number of hydrogen-bond acceptors (Lipinski definition) is 4. The largest absolute Gasteiger partial charge is 0.463 e. The van der Waals surface area contributed by atoms with E-state index in [1.54, 1.807) is 13.8 Å². The maximum absolute atomic E-state index is 12.7. The Morgan fingerprint density at radius 1 is 1.43 bits per heavy atom. The summed E-state index contributed by atoms with van der Waals surface area (Å²) in [6.45, 7) is 3.53. The number of pyridine rings is 1. The summed E-state index contributed by atoms with van der Waals surface area (Å²) < 4.78 is 43.8. The predicted molar refractivity (Wildman–Crippen MR) is 68.4 cm³/mol. The molecule has 2 rings (SSSR count). The minimum atomic E-state index is -4.58. The first-order valence-corrected chi connectivity index (χ1v) is 6.11. The zero-order chi connectivity index (χ0) is 15.6. The van der Waals surface area contributed by atoms with Crippen molar-refractivity contribution in [2.45, 2.75) is 20.0 Å². The van der Waals surface area contributed by atoms with E-state index in [-0.39, 0.29) is 12.3 Å². The van der Waals surface area contributed by atoms with Crippen molar-refractivity contribution < 1.29 is 22.7 Å². The zero-order valence-electron chi connectivity index (χ0n) is 11.3. The first-order valence-electron chi connectivity index (χ1n) is 6.11. The average molecular weight is 299 g/mol. The van der Waals surface area contributed by atoms with E-state index in [9.17, 15) is 18.0 Å². The summed E-state index contributed by atoms with van der Waals surface area (Å²) in [5.41, 5.74) is 1.14. The standard InChI is InChI=1S/C13H12F3N3O2/c1-3-21-10(20)5-4-9-6-7-19-11(8(9)2)17-18-12(19)13(14,15)16/h4-7H,3H2,1-2H3/b5-4+. The second-order valence-corrected chi connectivity index (χ2v) is 4.20. The van der Waals surface area contributed by atoms with Gasteiger partial charge in [0.25, 0.3) is 0 Å². The van der Waals surface area contributed by atoms with Crippen LogP contribution in [-0.4, -0.2) is 27.2 Å². The van der Waals surface area contributed by atoms with Crippen molar-refractivity contribution in [1.82, 2.24) is 14.6 Å². The second-order valence-electron chi connectivity index (χ2n) is 4.20. The summed E-state index contributed by atoms with van der Waals surface area (Å²) in [4.78, 5) is 11.2. The van der Waals surface area contributed by atoms with Gasteiger partial charge in [-0.15, -0.1) is 10.2 Å². The van der Waals surface area contributed by atoms with Gasteiger partial charge >= 0.3 is 12.1 Å². The van der Waals surface area contributed by atoms with Crippen LogP contribution in [0.15, 0.2) is 18.3 Å². The molecule has 0 spiro atoms. The molecule has 0 unspecified atom stereocenters. The highest BCUT2D eigenvalue weighted by Gasteiger charge is 2.37. The van der Waals surface area contributed by atoms with Crippen molar-refractivity contribution in [3.63, 3.8) is 0 Å². The van der Waals surface area contributed by atoms with Crippen LogP contribution in [-0.2, 0) is 15.7 Å². The molecule has 0 fully saturated rings. The third-order valence-electron chi connectivity index (χ3n) is 2.81. The maximum Gasteiger partial charge on any atom is 0.452 e. The Bertz CT molecular complexity index is 704. The van der Waals surface area contributed by atoms with Crippen molar-refractivity contribution in [1.29, 1.82) is 0 Å². The molecule has 0 aliphatic carbocycles. The van der Waals surface area contributed by atoms with E-state index in [4.69, 9.17) is 4.74 Å². The number of halogens is 3. The van der Waals surface area contributed by atoms with Gasteiger partial charge in [0.05, 0.1) is 6.61 Å². The first-order chi connectivity index (χ1) is 9.84. The van der Waals surface area contributed by atoms with Crippen LogP contribution in [0.1, 0.15) is 23.9 Å². The summed E-state index contributed by atoms with van der Waals surface area (Å²) in [6, 6.07) is 1.46. The quantitative estimate of drug-likeness (QED) is 0.646. The molecule has 2 aromatic heterocycles. The molecule has 21 heavy (non-hydrogen) atoms. The number of rotatable bonds is 3. The molecular formula is C13H12F3N3O2.